The predicted molar refractivity (Wildman–Crippen MR) is 75.9 cm³/mol. The predicted octanol–water partition coefficient (Wildman–Crippen LogP) is 2.23. The molecule has 5 nitrogen and oxygen atoms in total. The molecule has 0 fully saturated rings. The fourth-order valence-electron chi connectivity index (χ4n) is 1.73. The number of hydrogen-bond donors (Lipinski definition) is 2. The van der Waals surface area contributed by atoms with E-state index in [4.69, 9.17) is 9.84 Å². The number of nitrogens with one attached hydrogen (secondary N) is 1. The van der Waals surface area contributed by atoms with Crippen LogP contribution in [-0.2, 0) is 4.79 Å². The van der Waals surface area contributed by atoms with Gasteiger partial charge in [-0.1, -0.05) is 24.8 Å². The first kappa shape index (κ1) is 15.8. The van der Waals surface area contributed by atoms with Gasteiger partial charge in [-0.3, -0.25) is 9.59 Å². The summed E-state index contributed by atoms with van der Waals surface area (Å²) in [6.45, 7) is 7.16. The lowest BCUT2D eigenvalue weighted by molar-refractivity contribution is -0.138. The number of ether oxygens (including phenoxy) is 1. The summed E-state index contributed by atoms with van der Waals surface area (Å²) in [7, 11) is 0. The number of carboxylic acid groups (broad SMARTS) is 1. The molecule has 0 bridgehead atoms. The second kappa shape index (κ2) is 6.75. The largest absolute Gasteiger partial charge is 0.489 e. The molecule has 0 unspecified atom stereocenters. The molecule has 0 spiro atoms. The molecule has 0 aliphatic rings. The first-order valence-corrected chi connectivity index (χ1v) is 6.23. The maximum absolute atomic E-state index is 12.2. The first-order valence-electron chi connectivity index (χ1n) is 6.23. The lowest BCUT2D eigenvalue weighted by Crippen LogP contribution is -2.45. The SMILES string of the molecule is C=CCOc1ccccc1C(=O)NC(C)(C)CC(=O)O. The molecule has 108 valence electrons. The maximum atomic E-state index is 12.2. The molecule has 1 aromatic rings. The average molecular weight is 277 g/mol. The molecular weight excluding hydrogens is 258 g/mol. The molecule has 0 saturated carbocycles. The van der Waals surface area contributed by atoms with Gasteiger partial charge in [-0.05, 0) is 26.0 Å². The fraction of sp³-hybridized carbons (Fsp3) is 0.333. The van der Waals surface area contributed by atoms with E-state index in [1.807, 2.05) is 0 Å². The van der Waals surface area contributed by atoms with Gasteiger partial charge in [-0.2, -0.15) is 0 Å². The number of amides is 1. The van der Waals surface area contributed by atoms with E-state index in [0.717, 1.165) is 0 Å². The Hall–Kier alpha value is -2.30. The van der Waals surface area contributed by atoms with Crippen molar-refractivity contribution in [2.75, 3.05) is 6.61 Å². The molecule has 20 heavy (non-hydrogen) atoms. The van der Waals surface area contributed by atoms with E-state index < -0.39 is 11.5 Å². The zero-order valence-corrected chi connectivity index (χ0v) is 11.7. The summed E-state index contributed by atoms with van der Waals surface area (Å²) in [6.07, 6.45) is 1.43. The molecule has 1 aromatic carbocycles. The minimum Gasteiger partial charge on any atom is -0.489 e. The van der Waals surface area contributed by atoms with Crippen LogP contribution in [0.25, 0.3) is 0 Å². The van der Waals surface area contributed by atoms with E-state index in [-0.39, 0.29) is 12.3 Å². The monoisotopic (exact) mass is 277 g/mol. The number of carbonyl (C=O) groups excluding carboxylic acids is 1. The Morgan fingerprint density at radius 1 is 1.40 bits per heavy atom. The van der Waals surface area contributed by atoms with Crippen molar-refractivity contribution in [1.82, 2.24) is 5.32 Å². The van der Waals surface area contributed by atoms with Crippen molar-refractivity contribution in [3.8, 4) is 5.75 Å². The quantitative estimate of drug-likeness (QED) is 0.749. The summed E-state index contributed by atoms with van der Waals surface area (Å²) in [5.41, 5.74) is -0.470. The van der Waals surface area contributed by atoms with Gasteiger partial charge < -0.3 is 15.2 Å². The van der Waals surface area contributed by atoms with E-state index in [9.17, 15) is 9.59 Å². The van der Waals surface area contributed by atoms with E-state index in [2.05, 4.69) is 11.9 Å². The van der Waals surface area contributed by atoms with Crippen LogP contribution >= 0.6 is 0 Å². The summed E-state index contributed by atoms with van der Waals surface area (Å²) in [5.74, 6) is -0.890. The zero-order valence-electron chi connectivity index (χ0n) is 11.7. The Morgan fingerprint density at radius 3 is 2.65 bits per heavy atom. The number of carbonyl (C=O) groups is 2. The third-order valence-corrected chi connectivity index (χ3v) is 2.53. The number of hydrogen-bond acceptors (Lipinski definition) is 3. The third kappa shape index (κ3) is 4.76. The van der Waals surface area contributed by atoms with E-state index in [0.29, 0.717) is 17.9 Å². The van der Waals surface area contributed by atoms with Crippen LogP contribution in [0, 0.1) is 0 Å². The number of para-hydroxylation sites is 1. The lowest BCUT2D eigenvalue weighted by Gasteiger charge is -2.24. The fourth-order valence-corrected chi connectivity index (χ4v) is 1.73. The molecule has 1 amide bonds. The van der Waals surface area contributed by atoms with Crippen molar-refractivity contribution in [2.45, 2.75) is 25.8 Å². The number of benzene rings is 1. The van der Waals surface area contributed by atoms with Crippen LogP contribution in [0.5, 0.6) is 5.75 Å². The van der Waals surface area contributed by atoms with Crippen LogP contribution in [0.15, 0.2) is 36.9 Å². The minimum atomic E-state index is -0.966. The van der Waals surface area contributed by atoms with Crippen LogP contribution in [0.2, 0.25) is 0 Å². The van der Waals surface area contributed by atoms with Gasteiger partial charge in [0.05, 0.1) is 12.0 Å². The standard InChI is InChI=1S/C15H19NO4/c1-4-9-20-12-8-6-5-7-11(12)14(19)16-15(2,3)10-13(17)18/h4-8H,1,9-10H2,2-3H3,(H,16,19)(H,17,18). The molecule has 0 aliphatic carbocycles. The highest BCUT2D eigenvalue weighted by Gasteiger charge is 2.25. The van der Waals surface area contributed by atoms with Gasteiger partial charge in [0, 0.05) is 5.54 Å². The summed E-state index contributed by atoms with van der Waals surface area (Å²) in [5, 5.41) is 11.5. The Balaban J connectivity index is 2.86. The number of aliphatic carboxylic acids is 1. The van der Waals surface area contributed by atoms with Crippen LogP contribution in [0.4, 0.5) is 0 Å². The summed E-state index contributed by atoms with van der Waals surface area (Å²) in [6, 6.07) is 6.80. The molecule has 0 radical (unpaired) electrons. The molecule has 0 aromatic heterocycles. The lowest BCUT2D eigenvalue weighted by atomic mass is 10.00. The minimum absolute atomic E-state index is 0.158. The normalized spacial score (nSPS) is 10.7. The summed E-state index contributed by atoms with van der Waals surface area (Å²) >= 11 is 0. The molecule has 0 saturated heterocycles. The highest BCUT2D eigenvalue weighted by Crippen LogP contribution is 2.19. The van der Waals surface area contributed by atoms with Gasteiger partial charge in [0.25, 0.3) is 5.91 Å². The van der Waals surface area contributed by atoms with Crippen LogP contribution in [0.1, 0.15) is 30.6 Å². The van der Waals surface area contributed by atoms with Gasteiger partial charge in [0.2, 0.25) is 0 Å². The highest BCUT2D eigenvalue weighted by atomic mass is 16.5. The number of carboxylic acids is 1. The molecule has 0 heterocycles. The first-order chi connectivity index (χ1) is 9.35. The van der Waals surface area contributed by atoms with E-state index in [1.165, 1.54) is 0 Å². The van der Waals surface area contributed by atoms with Crippen LogP contribution < -0.4 is 10.1 Å². The van der Waals surface area contributed by atoms with E-state index in [1.54, 1.807) is 44.2 Å². The molecule has 0 atom stereocenters. The van der Waals surface area contributed by atoms with Crippen molar-refractivity contribution < 1.29 is 19.4 Å². The highest BCUT2D eigenvalue weighted by molar-refractivity contribution is 5.97. The van der Waals surface area contributed by atoms with Crippen molar-refractivity contribution in [3.05, 3.63) is 42.5 Å². The molecule has 5 heteroatoms. The third-order valence-electron chi connectivity index (χ3n) is 2.53. The van der Waals surface area contributed by atoms with Gasteiger partial charge in [0.15, 0.2) is 0 Å². The van der Waals surface area contributed by atoms with Crippen LogP contribution in [-0.4, -0.2) is 29.1 Å². The van der Waals surface area contributed by atoms with Crippen molar-refractivity contribution in [3.63, 3.8) is 0 Å². The average Bonchev–Trinajstić information content (AvgIpc) is 2.34. The van der Waals surface area contributed by atoms with Gasteiger partial charge in [0.1, 0.15) is 12.4 Å². The molecular formula is C15H19NO4. The van der Waals surface area contributed by atoms with E-state index >= 15 is 0 Å². The second-order valence-electron chi connectivity index (χ2n) is 5.00. The maximum Gasteiger partial charge on any atom is 0.305 e. The van der Waals surface area contributed by atoms with Gasteiger partial charge in [-0.25, -0.2) is 0 Å². The van der Waals surface area contributed by atoms with Gasteiger partial charge in [-0.15, -0.1) is 0 Å². The topological polar surface area (TPSA) is 75.6 Å². The molecule has 2 N–H and O–H groups in total. The summed E-state index contributed by atoms with van der Waals surface area (Å²) in [4.78, 5) is 23.0. The van der Waals surface area contributed by atoms with Crippen molar-refractivity contribution in [1.29, 1.82) is 0 Å². The van der Waals surface area contributed by atoms with Crippen molar-refractivity contribution >= 4 is 11.9 Å². The Labute approximate surface area is 118 Å². The van der Waals surface area contributed by atoms with Gasteiger partial charge >= 0.3 is 5.97 Å². The molecule has 0 aliphatic heterocycles. The van der Waals surface area contributed by atoms with Crippen molar-refractivity contribution in [2.24, 2.45) is 0 Å². The number of rotatable bonds is 7. The Morgan fingerprint density at radius 2 is 2.05 bits per heavy atom. The summed E-state index contributed by atoms with van der Waals surface area (Å²) < 4.78 is 5.41. The Bertz CT molecular complexity index is 508. The smallest absolute Gasteiger partial charge is 0.305 e. The Kier molecular flexibility index (Phi) is 5.32. The molecule has 1 rings (SSSR count). The second-order valence-corrected chi connectivity index (χ2v) is 5.00. The van der Waals surface area contributed by atoms with Crippen LogP contribution in [0.3, 0.4) is 0 Å². The zero-order chi connectivity index (χ0) is 15.2.